The van der Waals surface area contributed by atoms with E-state index in [1.165, 1.54) is 17.0 Å². The smallest absolute Gasteiger partial charge is 0.264 e. The third-order valence-electron chi connectivity index (χ3n) is 7.60. The highest BCUT2D eigenvalue weighted by molar-refractivity contribution is 7.92. The van der Waals surface area contributed by atoms with E-state index in [9.17, 15) is 18.0 Å². The largest absolute Gasteiger partial charge is 0.492 e. The van der Waals surface area contributed by atoms with Gasteiger partial charge in [0.1, 0.15) is 18.3 Å². The molecule has 0 aromatic heterocycles. The summed E-state index contributed by atoms with van der Waals surface area (Å²) in [5.41, 5.74) is 2.14. The first-order valence-corrected chi connectivity index (χ1v) is 16.1. The number of nitrogens with one attached hydrogen (secondary N) is 1. The summed E-state index contributed by atoms with van der Waals surface area (Å²) in [6.07, 6.45) is 5.13. The lowest BCUT2D eigenvalue weighted by Crippen LogP contribution is -2.53. The van der Waals surface area contributed by atoms with Gasteiger partial charge in [0.2, 0.25) is 11.8 Å². The van der Waals surface area contributed by atoms with E-state index in [0.717, 1.165) is 47.5 Å². The zero-order valence-electron chi connectivity index (χ0n) is 24.7. The molecule has 4 rings (SSSR count). The zero-order chi connectivity index (χ0) is 30.1. The van der Waals surface area contributed by atoms with Crippen LogP contribution in [0.15, 0.2) is 83.8 Å². The van der Waals surface area contributed by atoms with Gasteiger partial charge in [0.05, 0.1) is 17.2 Å². The standard InChI is InChI=1S/C33H41N3O5S/c1-4-41-31-21-12-11-20-30(31)36(42(39,40)29-18-9-6-10-19-29)24-32(37)35(23-27-15-13-14-25(2)22-27)26(3)33(38)34-28-16-7-5-8-17-28/h6,9-15,18-22,26,28H,4-5,7-8,16-17,23-24H2,1-3H3,(H,34,38)/t26-/m0/s1. The van der Waals surface area contributed by atoms with Gasteiger partial charge in [-0.3, -0.25) is 13.9 Å². The van der Waals surface area contributed by atoms with Crippen LogP contribution in [0.3, 0.4) is 0 Å². The number of carbonyl (C=O) groups excluding carboxylic acids is 2. The maximum absolute atomic E-state index is 14.2. The Bertz CT molecular complexity index is 1460. The number of ether oxygens (including phenoxy) is 1. The summed E-state index contributed by atoms with van der Waals surface area (Å²) in [5, 5.41) is 3.13. The Labute approximate surface area is 249 Å². The number of anilines is 1. The Hall–Kier alpha value is -3.85. The molecule has 1 aliphatic rings. The van der Waals surface area contributed by atoms with Gasteiger partial charge in [-0.05, 0) is 63.4 Å². The molecule has 3 aromatic carbocycles. The summed E-state index contributed by atoms with van der Waals surface area (Å²) in [4.78, 5) is 29.2. The van der Waals surface area contributed by atoms with E-state index in [1.807, 2.05) is 38.1 Å². The average Bonchev–Trinajstić information content (AvgIpc) is 2.99. The number of sulfonamides is 1. The first kappa shape index (κ1) is 31.1. The Balaban J connectivity index is 1.70. The van der Waals surface area contributed by atoms with Crippen LogP contribution >= 0.6 is 0 Å². The summed E-state index contributed by atoms with van der Waals surface area (Å²) >= 11 is 0. The van der Waals surface area contributed by atoms with Crippen molar-refractivity contribution in [2.45, 2.75) is 76.4 Å². The number of aryl methyl sites for hydroxylation is 1. The fraction of sp³-hybridized carbons (Fsp3) is 0.394. The van der Waals surface area contributed by atoms with E-state index in [-0.39, 0.29) is 29.1 Å². The highest BCUT2D eigenvalue weighted by Crippen LogP contribution is 2.33. The second-order valence-electron chi connectivity index (χ2n) is 10.8. The van der Waals surface area contributed by atoms with Gasteiger partial charge in [-0.25, -0.2) is 8.42 Å². The number of benzene rings is 3. The van der Waals surface area contributed by atoms with Crippen molar-refractivity contribution in [1.82, 2.24) is 10.2 Å². The van der Waals surface area contributed by atoms with Gasteiger partial charge in [0, 0.05) is 12.6 Å². The molecule has 2 amide bonds. The molecule has 1 aliphatic carbocycles. The van der Waals surface area contributed by atoms with E-state index in [0.29, 0.717) is 12.4 Å². The quantitative estimate of drug-likeness (QED) is 0.302. The predicted molar refractivity (Wildman–Crippen MR) is 165 cm³/mol. The minimum atomic E-state index is -4.17. The van der Waals surface area contributed by atoms with Crippen LogP contribution in [0.4, 0.5) is 5.69 Å². The van der Waals surface area contributed by atoms with Crippen molar-refractivity contribution in [3.8, 4) is 5.75 Å². The Morgan fingerprint density at radius 3 is 2.33 bits per heavy atom. The highest BCUT2D eigenvalue weighted by Gasteiger charge is 2.34. The molecule has 0 heterocycles. The molecule has 1 fully saturated rings. The van der Waals surface area contributed by atoms with E-state index in [4.69, 9.17) is 4.74 Å². The van der Waals surface area contributed by atoms with E-state index in [1.54, 1.807) is 49.4 Å². The second kappa shape index (κ2) is 14.4. The van der Waals surface area contributed by atoms with Crippen molar-refractivity contribution in [1.29, 1.82) is 0 Å². The molecule has 8 nitrogen and oxygen atoms in total. The van der Waals surface area contributed by atoms with Crippen LogP contribution < -0.4 is 14.4 Å². The molecule has 0 saturated heterocycles. The number of hydrogen-bond donors (Lipinski definition) is 1. The average molecular weight is 592 g/mol. The lowest BCUT2D eigenvalue weighted by Gasteiger charge is -2.33. The number of amides is 2. The summed E-state index contributed by atoms with van der Waals surface area (Å²) < 4.78 is 34.9. The van der Waals surface area contributed by atoms with Crippen molar-refractivity contribution in [2.75, 3.05) is 17.5 Å². The van der Waals surface area contributed by atoms with Crippen molar-refractivity contribution in [3.05, 3.63) is 90.0 Å². The van der Waals surface area contributed by atoms with Gasteiger partial charge < -0.3 is 15.0 Å². The van der Waals surface area contributed by atoms with Gasteiger partial charge in [-0.2, -0.15) is 0 Å². The summed E-state index contributed by atoms with van der Waals surface area (Å²) in [6.45, 7) is 5.46. The normalized spacial score (nSPS) is 14.5. The van der Waals surface area contributed by atoms with Gasteiger partial charge in [-0.1, -0.05) is 79.4 Å². The summed E-state index contributed by atoms with van der Waals surface area (Å²) in [7, 11) is -4.17. The molecule has 0 bridgehead atoms. The van der Waals surface area contributed by atoms with Crippen LogP contribution in [-0.2, 0) is 26.2 Å². The summed E-state index contributed by atoms with van der Waals surface area (Å²) in [5.74, 6) is -0.385. The van der Waals surface area contributed by atoms with Crippen LogP contribution in [0.1, 0.15) is 57.1 Å². The molecule has 3 aromatic rings. The fourth-order valence-corrected chi connectivity index (χ4v) is 6.78. The van der Waals surface area contributed by atoms with Crippen LogP contribution in [0.5, 0.6) is 5.75 Å². The second-order valence-corrected chi connectivity index (χ2v) is 12.6. The van der Waals surface area contributed by atoms with Crippen molar-refractivity contribution >= 4 is 27.5 Å². The minimum absolute atomic E-state index is 0.0532. The molecule has 0 aliphatic heterocycles. The monoisotopic (exact) mass is 591 g/mol. The molecule has 224 valence electrons. The summed E-state index contributed by atoms with van der Waals surface area (Å²) in [6, 6.07) is 21.8. The molecule has 0 unspecified atom stereocenters. The maximum atomic E-state index is 14.2. The Morgan fingerprint density at radius 1 is 0.952 bits per heavy atom. The number of carbonyl (C=O) groups is 2. The molecule has 1 atom stereocenters. The van der Waals surface area contributed by atoms with E-state index < -0.39 is 28.5 Å². The lowest BCUT2D eigenvalue weighted by atomic mass is 9.95. The third kappa shape index (κ3) is 7.70. The van der Waals surface area contributed by atoms with Gasteiger partial charge in [-0.15, -0.1) is 0 Å². The first-order valence-electron chi connectivity index (χ1n) is 14.7. The third-order valence-corrected chi connectivity index (χ3v) is 9.37. The van der Waals surface area contributed by atoms with Crippen molar-refractivity contribution < 1.29 is 22.7 Å². The van der Waals surface area contributed by atoms with Crippen molar-refractivity contribution in [3.63, 3.8) is 0 Å². The van der Waals surface area contributed by atoms with Gasteiger partial charge in [0.25, 0.3) is 10.0 Å². The fourth-order valence-electron chi connectivity index (χ4n) is 5.33. The molecule has 42 heavy (non-hydrogen) atoms. The lowest BCUT2D eigenvalue weighted by molar-refractivity contribution is -0.139. The van der Waals surface area contributed by atoms with Gasteiger partial charge in [0.15, 0.2) is 0 Å². The number of hydrogen-bond acceptors (Lipinski definition) is 5. The van der Waals surface area contributed by atoms with E-state index >= 15 is 0 Å². The Kier molecular flexibility index (Phi) is 10.6. The molecule has 1 N–H and O–H groups in total. The molecular formula is C33H41N3O5S. The van der Waals surface area contributed by atoms with Crippen LogP contribution in [-0.4, -0.2) is 50.4 Å². The molecule has 1 saturated carbocycles. The molecule has 0 radical (unpaired) electrons. The molecule has 0 spiro atoms. The number of para-hydroxylation sites is 2. The number of rotatable bonds is 12. The maximum Gasteiger partial charge on any atom is 0.264 e. The van der Waals surface area contributed by atoms with Crippen LogP contribution in [0.2, 0.25) is 0 Å². The van der Waals surface area contributed by atoms with Crippen LogP contribution in [0.25, 0.3) is 0 Å². The SMILES string of the molecule is CCOc1ccccc1N(CC(=O)N(Cc1cccc(C)c1)[C@@H](C)C(=O)NC1CCCCC1)S(=O)(=O)c1ccccc1. The Morgan fingerprint density at radius 2 is 1.64 bits per heavy atom. The minimum Gasteiger partial charge on any atom is -0.492 e. The zero-order valence-corrected chi connectivity index (χ0v) is 25.5. The predicted octanol–water partition coefficient (Wildman–Crippen LogP) is 5.46. The van der Waals surface area contributed by atoms with Gasteiger partial charge >= 0.3 is 0 Å². The van der Waals surface area contributed by atoms with Crippen molar-refractivity contribution in [2.24, 2.45) is 0 Å². The van der Waals surface area contributed by atoms with E-state index in [2.05, 4.69) is 5.32 Å². The van der Waals surface area contributed by atoms with Crippen LogP contribution in [0, 0.1) is 6.92 Å². The molecular weight excluding hydrogens is 550 g/mol. The molecule has 9 heteroatoms. The topological polar surface area (TPSA) is 96.0 Å². The first-order chi connectivity index (χ1) is 20.2. The number of nitrogens with zero attached hydrogens (tertiary/aromatic N) is 2. The highest BCUT2D eigenvalue weighted by atomic mass is 32.2.